The van der Waals surface area contributed by atoms with Gasteiger partial charge in [-0.05, 0) is 65.2 Å². The first-order valence-corrected chi connectivity index (χ1v) is 10.4. The molecule has 1 heterocycles. The third-order valence-electron chi connectivity index (χ3n) is 5.41. The van der Waals surface area contributed by atoms with E-state index in [4.69, 9.17) is 14.2 Å². The fraction of sp³-hybridized carbons (Fsp3) is 0.148. The van der Waals surface area contributed by atoms with Crippen LogP contribution < -0.4 is 14.2 Å². The Hall–Kier alpha value is -4.06. The Morgan fingerprint density at radius 2 is 1.52 bits per heavy atom. The molecule has 0 aliphatic carbocycles. The Morgan fingerprint density at radius 1 is 0.879 bits per heavy atom. The monoisotopic (exact) mass is 445 g/mol. The maximum atomic E-state index is 13.5. The molecule has 0 N–H and O–H groups in total. The fourth-order valence-corrected chi connectivity index (χ4v) is 3.80. The molecule has 0 bridgehead atoms. The molecule has 0 fully saturated rings. The number of nitrogens with zero attached hydrogens (tertiary/aromatic N) is 1. The number of methoxy groups -OCH3 is 3. The SMILES string of the molecule is COc1cc(/C=C2\C=C(c3ccc(F)cc3)N(Cc3ccccc3)C2=O)cc(OC)c1OC. The van der Waals surface area contributed by atoms with Gasteiger partial charge in [-0.1, -0.05) is 30.3 Å². The van der Waals surface area contributed by atoms with Crippen LogP contribution in [0.2, 0.25) is 0 Å². The van der Waals surface area contributed by atoms with Gasteiger partial charge < -0.3 is 19.1 Å². The van der Waals surface area contributed by atoms with Gasteiger partial charge in [0.05, 0.1) is 33.6 Å². The highest BCUT2D eigenvalue weighted by atomic mass is 19.1. The van der Waals surface area contributed by atoms with E-state index in [0.29, 0.717) is 35.1 Å². The number of hydrogen-bond acceptors (Lipinski definition) is 4. The van der Waals surface area contributed by atoms with Gasteiger partial charge in [0.1, 0.15) is 5.82 Å². The topological polar surface area (TPSA) is 48.0 Å². The number of rotatable bonds is 7. The second kappa shape index (κ2) is 9.61. The van der Waals surface area contributed by atoms with Crippen LogP contribution in [0.3, 0.4) is 0 Å². The van der Waals surface area contributed by atoms with Crippen LogP contribution in [-0.2, 0) is 11.3 Å². The fourth-order valence-electron chi connectivity index (χ4n) is 3.80. The smallest absolute Gasteiger partial charge is 0.258 e. The maximum absolute atomic E-state index is 13.5. The van der Waals surface area contributed by atoms with Crippen molar-refractivity contribution in [3.8, 4) is 17.2 Å². The summed E-state index contributed by atoms with van der Waals surface area (Å²) >= 11 is 0. The minimum Gasteiger partial charge on any atom is -0.493 e. The van der Waals surface area contributed by atoms with Crippen LogP contribution >= 0.6 is 0 Å². The molecule has 0 aromatic heterocycles. The van der Waals surface area contributed by atoms with E-state index < -0.39 is 0 Å². The van der Waals surface area contributed by atoms with Crippen molar-refractivity contribution in [1.82, 2.24) is 4.90 Å². The largest absolute Gasteiger partial charge is 0.493 e. The van der Waals surface area contributed by atoms with Crippen molar-refractivity contribution in [3.63, 3.8) is 0 Å². The molecule has 0 spiro atoms. The molecule has 0 unspecified atom stereocenters. The van der Waals surface area contributed by atoms with E-state index in [1.165, 1.54) is 19.2 Å². The van der Waals surface area contributed by atoms with Gasteiger partial charge in [-0.25, -0.2) is 4.39 Å². The Bertz CT molecular complexity index is 1190. The summed E-state index contributed by atoms with van der Waals surface area (Å²) in [5.74, 6) is 1.00. The van der Waals surface area contributed by atoms with Crippen LogP contribution in [0, 0.1) is 5.82 Å². The lowest BCUT2D eigenvalue weighted by molar-refractivity contribution is -0.123. The van der Waals surface area contributed by atoms with Crippen molar-refractivity contribution in [2.24, 2.45) is 0 Å². The van der Waals surface area contributed by atoms with Crippen LogP contribution in [0.25, 0.3) is 11.8 Å². The van der Waals surface area contributed by atoms with Gasteiger partial charge in [0.15, 0.2) is 11.5 Å². The predicted octanol–water partition coefficient (Wildman–Crippen LogP) is 5.32. The van der Waals surface area contributed by atoms with Crippen LogP contribution in [0.5, 0.6) is 17.2 Å². The molecule has 1 aliphatic rings. The molecule has 0 saturated carbocycles. The molecule has 1 aliphatic heterocycles. The van der Waals surface area contributed by atoms with Crippen molar-refractivity contribution in [1.29, 1.82) is 0 Å². The number of ether oxygens (including phenoxy) is 3. The molecule has 0 saturated heterocycles. The normalized spacial score (nSPS) is 14.4. The van der Waals surface area contributed by atoms with E-state index in [-0.39, 0.29) is 11.7 Å². The highest BCUT2D eigenvalue weighted by molar-refractivity contribution is 6.10. The summed E-state index contributed by atoms with van der Waals surface area (Å²) in [5.41, 5.74) is 3.69. The lowest BCUT2D eigenvalue weighted by atomic mass is 10.1. The lowest BCUT2D eigenvalue weighted by Crippen LogP contribution is -2.25. The first kappa shape index (κ1) is 22.1. The third kappa shape index (κ3) is 4.60. The third-order valence-corrected chi connectivity index (χ3v) is 5.41. The molecule has 5 nitrogen and oxygen atoms in total. The molecule has 1 amide bonds. The Kier molecular flexibility index (Phi) is 6.45. The molecule has 3 aromatic carbocycles. The summed E-state index contributed by atoms with van der Waals surface area (Å²) in [4.78, 5) is 15.1. The van der Waals surface area contributed by atoms with Crippen molar-refractivity contribution >= 4 is 17.7 Å². The van der Waals surface area contributed by atoms with Gasteiger partial charge in [0, 0.05) is 5.57 Å². The molecular formula is C27H24FNO4. The van der Waals surface area contributed by atoms with E-state index in [9.17, 15) is 9.18 Å². The molecule has 4 rings (SSSR count). The zero-order chi connectivity index (χ0) is 23.4. The molecule has 0 atom stereocenters. The highest BCUT2D eigenvalue weighted by Gasteiger charge is 2.29. The van der Waals surface area contributed by atoms with E-state index in [0.717, 1.165) is 16.7 Å². The number of benzene rings is 3. The second-order valence-electron chi connectivity index (χ2n) is 7.47. The number of halogens is 1. The second-order valence-corrected chi connectivity index (χ2v) is 7.47. The minimum absolute atomic E-state index is 0.146. The van der Waals surface area contributed by atoms with Gasteiger partial charge in [-0.2, -0.15) is 0 Å². The van der Waals surface area contributed by atoms with E-state index in [1.807, 2.05) is 36.4 Å². The zero-order valence-electron chi connectivity index (χ0n) is 18.7. The summed E-state index contributed by atoms with van der Waals surface area (Å²) in [6, 6.07) is 19.4. The van der Waals surface area contributed by atoms with Crippen LogP contribution in [-0.4, -0.2) is 32.1 Å². The molecule has 168 valence electrons. The van der Waals surface area contributed by atoms with Crippen LogP contribution in [0.15, 0.2) is 78.4 Å². The summed E-state index contributed by atoms with van der Waals surface area (Å²) in [7, 11) is 4.63. The summed E-state index contributed by atoms with van der Waals surface area (Å²) < 4.78 is 29.8. The average Bonchev–Trinajstić information content (AvgIpc) is 3.14. The summed E-state index contributed by atoms with van der Waals surface area (Å²) in [6.45, 7) is 0.398. The molecule has 3 aromatic rings. The predicted molar refractivity (Wildman–Crippen MR) is 125 cm³/mol. The molecule has 33 heavy (non-hydrogen) atoms. The number of carbonyl (C=O) groups is 1. The first-order valence-electron chi connectivity index (χ1n) is 10.4. The number of hydrogen-bond donors (Lipinski definition) is 0. The van der Waals surface area contributed by atoms with Crippen molar-refractivity contribution in [2.75, 3.05) is 21.3 Å². The van der Waals surface area contributed by atoms with Crippen molar-refractivity contribution < 1.29 is 23.4 Å². The average molecular weight is 445 g/mol. The number of carbonyl (C=O) groups excluding carboxylic acids is 1. The molecule has 6 heteroatoms. The van der Waals surface area contributed by atoms with Crippen molar-refractivity contribution in [2.45, 2.75) is 6.54 Å². The lowest BCUT2D eigenvalue weighted by Gasteiger charge is -2.21. The molecular weight excluding hydrogens is 421 g/mol. The molecule has 0 radical (unpaired) electrons. The van der Waals surface area contributed by atoms with Crippen molar-refractivity contribution in [3.05, 3.63) is 101 Å². The first-order chi connectivity index (χ1) is 16.0. The van der Waals surface area contributed by atoms with E-state index in [2.05, 4.69) is 0 Å². The van der Waals surface area contributed by atoms with Crippen LogP contribution in [0.4, 0.5) is 4.39 Å². The van der Waals surface area contributed by atoms with Gasteiger partial charge in [-0.15, -0.1) is 0 Å². The Labute approximate surface area is 192 Å². The standard InChI is InChI=1S/C27H24FNO4/c1-31-24-14-19(15-25(32-2)26(24)33-3)13-21-16-23(20-9-11-22(28)12-10-20)29(27(21)30)17-18-7-5-4-6-8-18/h4-16H,17H2,1-3H3/b21-13+. The number of amides is 1. The maximum Gasteiger partial charge on any atom is 0.258 e. The van der Waals surface area contributed by atoms with Gasteiger partial charge in [0.25, 0.3) is 5.91 Å². The van der Waals surface area contributed by atoms with Gasteiger partial charge in [-0.3, -0.25) is 4.79 Å². The Balaban J connectivity index is 1.77. The quantitative estimate of drug-likeness (QED) is 0.462. The van der Waals surface area contributed by atoms with E-state index >= 15 is 0 Å². The minimum atomic E-state index is -0.327. The Morgan fingerprint density at radius 3 is 2.09 bits per heavy atom. The van der Waals surface area contributed by atoms with Gasteiger partial charge in [0.2, 0.25) is 5.75 Å². The summed E-state index contributed by atoms with van der Waals surface area (Å²) in [5, 5.41) is 0. The highest BCUT2D eigenvalue weighted by Crippen LogP contribution is 2.39. The van der Waals surface area contributed by atoms with Crippen LogP contribution in [0.1, 0.15) is 16.7 Å². The summed E-state index contributed by atoms with van der Waals surface area (Å²) in [6.07, 6.45) is 3.60. The van der Waals surface area contributed by atoms with Gasteiger partial charge >= 0.3 is 0 Å². The van der Waals surface area contributed by atoms with E-state index in [1.54, 1.807) is 49.5 Å². The zero-order valence-corrected chi connectivity index (χ0v) is 18.7.